The van der Waals surface area contributed by atoms with Gasteiger partial charge in [0.2, 0.25) is 0 Å². The van der Waals surface area contributed by atoms with Crippen molar-refractivity contribution >= 4 is 48.4 Å². The summed E-state index contributed by atoms with van der Waals surface area (Å²) in [5.74, 6) is -1.20. The second-order valence-electron chi connectivity index (χ2n) is 13.4. The van der Waals surface area contributed by atoms with E-state index in [-0.39, 0.29) is 24.6 Å². The largest absolute Gasteiger partial charge is 0.461 e. The number of esters is 2. The predicted molar refractivity (Wildman–Crippen MR) is 187 cm³/mol. The number of ether oxygens (including phenoxy) is 4. The van der Waals surface area contributed by atoms with Gasteiger partial charge in [0, 0.05) is 0 Å². The molecule has 0 radical (unpaired) electrons. The molecule has 2 heterocycles. The standard InChI is InChI=1S/C38H48N2O8/c1-13-45-33(41)31-25(5)23(3)29(39(31)35(43)47-37(7,8)9)21-19-27-15-17-28(18-16-27)20-22-30-24(4)26(6)32(34(42)46-14-2)40(30)36(44)48-38(10,11)12/h15-22H,13-14H2,1-12H3/b21-19+,22-20+. The van der Waals surface area contributed by atoms with E-state index in [0.717, 1.165) is 22.3 Å². The number of benzene rings is 1. The first-order valence-corrected chi connectivity index (χ1v) is 16.0. The predicted octanol–water partition coefficient (Wildman–Crippen LogP) is 8.78. The zero-order valence-electron chi connectivity index (χ0n) is 30.2. The van der Waals surface area contributed by atoms with Crippen molar-refractivity contribution in [3.8, 4) is 0 Å². The van der Waals surface area contributed by atoms with E-state index in [9.17, 15) is 19.2 Å². The fourth-order valence-electron chi connectivity index (χ4n) is 5.00. The maximum absolute atomic E-state index is 13.3. The van der Waals surface area contributed by atoms with Crippen molar-refractivity contribution in [2.24, 2.45) is 0 Å². The van der Waals surface area contributed by atoms with Crippen molar-refractivity contribution in [1.82, 2.24) is 9.13 Å². The quantitative estimate of drug-likeness (QED) is 0.174. The van der Waals surface area contributed by atoms with E-state index in [2.05, 4.69) is 0 Å². The van der Waals surface area contributed by atoms with Crippen LogP contribution in [0.15, 0.2) is 24.3 Å². The van der Waals surface area contributed by atoms with Crippen molar-refractivity contribution in [3.05, 3.63) is 80.4 Å². The lowest BCUT2D eigenvalue weighted by Crippen LogP contribution is -2.30. The van der Waals surface area contributed by atoms with Gasteiger partial charge in [0.15, 0.2) is 0 Å². The van der Waals surface area contributed by atoms with Gasteiger partial charge in [-0.3, -0.25) is 0 Å². The van der Waals surface area contributed by atoms with Gasteiger partial charge >= 0.3 is 24.1 Å². The van der Waals surface area contributed by atoms with E-state index in [0.29, 0.717) is 22.5 Å². The van der Waals surface area contributed by atoms with Gasteiger partial charge in [0.05, 0.1) is 24.6 Å². The molecule has 0 amide bonds. The maximum Gasteiger partial charge on any atom is 0.419 e. The Labute approximate surface area is 283 Å². The van der Waals surface area contributed by atoms with Crippen LogP contribution in [-0.2, 0) is 18.9 Å². The molecule has 0 N–H and O–H groups in total. The van der Waals surface area contributed by atoms with Crippen LogP contribution in [0.1, 0.15) is 121 Å². The Morgan fingerprint density at radius 2 is 0.875 bits per heavy atom. The lowest BCUT2D eigenvalue weighted by Gasteiger charge is -2.21. The molecule has 2 aromatic heterocycles. The third kappa shape index (κ3) is 8.73. The number of carbonyl (C=O) groups is 4. The number of rotatable bonds is 8. The Kier molecular flexibility index (Phi) is 11.7. The summed E-state index contributed by atoms with van der Waals surface area (Å²) in [6, 6.07) is 7.61. The zero-order valence-corrected chi connectivity index (χ0v) is 30.2. The number of carbonyl (C=O) groups excluding carboxylic acids is 4. The first-order chi connectivity index (χ1) is 22.3. The van der Waals surface area contributed by atoms with Crippen LogP contribution >= 0.6 is 0 Å². The zero-order chi connectivity index (χ0) is 36.1. The van der Waals surface area contributed by atoms with Crippen LogP contribution in [0.4, 0.5) is 9.59 Å². The topological polar surface area (TPSA) is 115 Å². The first-order valence-electron chi connectivity index (χ1n) is 16.0. The number of aromatic nitrogens is 2. The molecule has 0 aliphatic heterocycles. The van der Waals surface area contributed by atoms with Gasteiger partial charge in [-0.2, -0.15) is 0 Å². The Bertz CT molecular complexity index is 1620. The highest BCUT2D eigenvalue weighted by Crippen LogP contribution is 2.28. The summed E-state index contributed by atoms with van der Waals surface area (Å²) in [7, 11) is 0. The number of hydrogen-bond acceptors (Lipinski definition) is 8. The Morgan fingerprint density at radius 3 is 1.15 bits per heavy atom. The van der Waals surface area contributed by atoms with Crippen LogP contribution in [0.3, 0.4) is 0 Å². The van der Waals surface area contributed by atoms with E-state index in [1.165, 1.54) is 9.13 Å². The molecule has 0 unspecified atom stereocenters. The van der Waals surface area contributed by atoms with Gasteiger partial charge < -0.3 is 18.9 Å². The fraction of sp³-hybridized carbons (Fsp3) is 0.421. The average molecular weight is 661 g/mol. The minimum Gasteiger partial charge on any atom is -0.461 e. The Hall–Kier alpha value is -4.86. The van der Waals surface area contributed by atoms with Gasteiger partial charge in [0.25, 0.3) is 0 Å². The van der Waals surface area contributed by atoms with Crippen LogP contribution < -0.4 is 0 Å². The summed E-state index contributed by atoms with van der Waals surface area (Å²) >= 11 is 0. The molecule has 10 nitrogen and oxygen atoms in total. The highest BCUT2D eigenvalue weighted by Gasteiger charge is 2.31. The lowest BCUT2D eigenvalue weighted by atomic mass is 10.1. The van der Waals surface area contributed by atoms with E-state index in [1.54, 1.807) is 81.4 Å². The molecule has 0 spiro atoms. The summed E-state index contributed by atoms with van der Waals surface area (Å²) in [4.78, 5) is 52.4. The van der Waals surface area contributed by atoms with Crippen LogP contribution in [0.25, 0.3) is 24.3 Å². The molecular formula is C38H48N2O8. The molecule has 3 rings (SSSR count). The van der Waals surface area contributed by atoms with E-state index in [4.69, 9.17) is 18.9 Å². The van der Waals surface area contributed by atoms with Gasteiger partial charge in [-0.25, -0.2) is 28.3 Å². The molecule has 1 aromatic carbocycles. The van der Waals surface area contributed by atoms with Gasteiger partial charge in [-0.05, 0) is 129 Å². The van der Waals surface area contributed by atoms with Crippen LogP contribution in [0.2, 0.25) is 0 Å². The fourth-order valence-corrected chi connectivity index (χ4v) is 5.00. The third-order valence-corrected chi connectivity index (χ3v) is 7.43. The first kappa shape index (κ1) is 37.6. The summed E-state index contributed by atoms with van der Waals surface area (Å²) < 4.78 is 24.3. The number of hydrogen-bond donors (Lipinski definition) is 0. The molecule has 10 heteroatoms. The van der Waals surface area contributed by atoms with Crippen LogP contribution in [0.5, 0.6) is 0 Å². The third-order valence-electron chi connectivity index (χ3n) is 7.43. The molecule has 3 aromatic rings. The minimum atomic E-state index is -0.772. The molecule has 0 bridgehead atoms. The van der Waals surface area contributed by atoms with Crippen molar-refractivity contribution < 1.29 is 38.1 Å². The summed E-state index contributed by atoms with van der Waals surface area (Å²) in [5, 5.41) is 0. The van der Waals surface area contributed by atoms with Crippen molar-refractivity contribution in [2.45, 2.75) is 94.3 Å². The van der Waals surface area contributed by atoms with Crippen molar-refractivity contribution in [1.29, 1.82) is 0 Å². The van der Waals surface area contributed by atoms with Gasteiger partial charge in [0.1, 0.15) is 22.6 Å². The van der Waals surface area contributed by atoms with Crippen LogP contribution in [-0.4, -0.2) is 57.7 Å². The van der Waals surface area contributed by atoms with E-state index >= 15 is 0 Å². The van der Waals surface area contributed by atoms with Crippen LogP contribution in [0, 0.1) is 27.7 Å². The second kappa shape index (κ2) is 14.9. The second-order valence-corrected chi connectivity index (χ2v) is 13.4. The van der Waals surface area contributed by atoms with E-state index < -0.39 is 35.3 Å². The summed E-state index contributed by atoms with van der Waals surface area (Å²) in [5.41, 5.74) is 4.20. The Balaban J connectivity index is 2.00. The highest BCUT2D eigenvalue weighted by molar-refractivity contribution is 5.97. The van der Waals surface area contributed by atoms with Gasteiger partial charge in [-0.1, -0.05) is 36.4 Å². The molecule has 258 valence electrons. The molecule has 0 atom stereocenters. The van der Waals surface area contributed by atoms with Crippen molar-refractivity contribution in [3.63, 3.8) is 0 Å². The van der Waals surface area contributed by atoms with E-state index in [1.807, 2.05) is 50.3 Å². The SMILES string of the molecule is CCOC(=O)c1c(C)c(C)c(/C=C/c2ccc(/C=C/c3c(C)c(C)c(C(=O)OCC)n3C(=O)OC(C)(C)C)cc2)n1C(=O)OC(C)(C)C. The summed E-state index contributed by atoms with van der Waals surface area (Å²) in [6.45, 7) is 21.6. The Morgan fingerprint density at radius 1 is 0.562 bits per heavy atom. The number of nitrogens with zero attached hydrogens (tertiary/aromatic N) is 2. The molecule has 48 heavy (non-hydrogen) atoms. The molecule has 0 aliphatic carbocycles. The minimum absolute atomic E-state index is 0.136. The molecular weight excluding hydrogens is 612 g/mol. The van der Waals surface area contributed by atoms with Crippen molar-refractivity contribution in [2.75, 3.05) is 13.2 Å². The molecule has 0 aliphatic rings. The normalized spacial score (nSPS) is 12.1. The molecule has 0 fully saturated rings. The summed E-state index contributed by atoms with van der Waals surface area (Å²) in [6.07, 6.45) is 5.90. The lowest BCUT2D eigenvalue weighted by molar-refractivity contribution is 0.0447. The molecule has 0 saturated carbocycles. The smallest absolute Gasteiger partial charge is 0.419 e. The maximum atomic E-state index is 13.3. The molecule has 0 saturated heterocycles. The average Bonchev–Trinajstić information content (AvgIpc) is 3.38. The van der Waals surface area contributed by atoms with Gasteiger partial charge in [-0.15, -0.1) is 0 Å². The monoisotopic (exact) mass is 660 g/mol. The highest BCUT2D eigenvalue weighted by atomic mass is 16.6.